The Labute approximate surface area is 109 Å². The van der Waals surface area contributed by atoms with Gasteiger partial charge >= 0.3 is 5.97 Å². The van der Waals surface area contributed by atoms with Gasteiger partial charge in [0.2, 0.25) is 0 Å². The summed E-state index contributed by atoms with van der Waals surface area (Å²) in [5.41, 5.74) is 4.20. The Balaban J connectivity index is 3.07. The molecule has 1 aromatic carbocycles. The van der Waals surface area contributed by atoms with Crippen LogP contribution in [0.1, 0.15) is 19.4 Å². The maximum absolute atomic E-state index is 10.9. The van der Waals surface area contributed by atoms with Crippen LogP contribution < -0.4 is 5.48 Å². The highest BCUT2D eigenvalue weighted by molar-refractivity contribution is 9.10. The van der Waals surface area contributed by atoms with Crippen molar-refractivity contribution < 1.29 is 14.4 Å². The molecular formula is C12H14BrNO3. The summed E-state index contributed by atoms with van der Waals surface area (Å²) in [5, 5.41) is 0. The second kappa shape index (κ2) is 6.42. The molecule has 1 rings (SSSR count). The second-order valence-corrected chi connectivity index (χ2v) is 4.25. The van der Waals surface area contributed by atoms with Gasteiger partial charge in [0.25, 0.3) is 0 Å². The van der Waals surface area contributed by atoms with Gasteiger partial charge in [-0.15, -0.1) is 0 Å². The van der Waals surface area contributed by atoms with Crippen molar-refractivity contribution in [2.45, 2.75) is 13.8 Å². The lowest BCUT2D eigenvalue weighted by molar-refractivity contribution is -0.136. The molecule has 1 aromatic rings. The van der Waals surface area contributed by atoms with Gasteiger partial charge in [-0.05, 0) is 19.1 Å². The number of benzene rings is 1. The highest BCUT2D eigenvalue weighted by Crippen LogP contribution is 2.19. The minimum absolute atomic E-state index is 0.366. The van der Waals surface area contributed by atoms with Crippen molar-refractivity contribution in [2.24, 2.45) is 0 Å². The summed E-state index contributed by atoms with van der Waals surface area (Å²) in [5.74, 6) is 0.0942. The predicted molar refractivity (Wildman–Crippen MR) is 68.6 cm³/mol. The number of rotatable bonds is 4. The second-order valence-electron chi connectivity index (χ2n) is 3.34. The number of carbonyl (C=O) groups is 1. The number of hydroxylamine groups is 1. The van der Waals surface area contributed by atoms with Crippen LogP contribution in [0.15, 0.2) is 34.5 Å². The van der Waals surface area contributed by atoms with Gasteiger partial charge in [-0.3, -0.25) is 15.1 Å². The predicted octanol–water partition coefficient (Wildman–Crippen LogP) is 2.85. The number of esters is 1. The molecule has 0 aliphatic rings. The van der Waals surface area contributed by atoms with Gasteiger partial charge in [0.1, 0.15) is 11.5 Å². The van der Waals surface area contributed by atoms with E-state index in [1.807, 2.05) is 24.3 Å². The number of ether oxygens (including phenoxy) is 1. The molecule has 5 heteroatoms. The van der Waals surface area contributed by atoms with Crippen LogP contribution in [0.25, 0.3) is 5.70 Å². The Kier molecular flexibility index (Phi) is 5.18. The van der Waals surface area contributed by atoms with E-state index in [9.17, 15) is 4.79 Å². The average Bonchev–Trinajstić information content (AvgIpc) is 2.26. The maximum atomic E-state index is 10.9. The van der Waals surface area contributed by atoms with Crippen LogP contribution in [-0.2, 0) is 14.4 Å². The molecule has 17 heavy (non-hydrogen) atoms. The van der Waals surface area contributed by atoms with E-state index in [2.05, 4.69) is 21.4 Å². The van der Waals surface area contributed by atoms with Crippen molar-refractivity contribution in [3.05, 3.63) is 40.1 Å². The molecule has 0 saturated carbocycles. The lowest BCUT2D eigenvalue weighted by Crippen LogP contribution is -2.14. The molecule has 0 unspecified atom stereocenters. The Morgan fingerprint density at radius 2 is 1.82 bits per heavy atom. The van der Waals surface area contributed by atoms with Gasteiger partial charge in [-0.1, -0.05) is 28.1 Å². The van der Waals surface area contributed by atoms with E-state index in [-0.39, 0.29) is 5.97 Å². The lowest BCUT2D eigenvalue weighted by atomic mass is 10.1. The quantitative estimate of drug-likeness (QED) is 0.528. The molecule has 0 aromatic heterocycles. The first-order valence-corrected chi connectivity index (χ1v) is 5.78. The first-order chi connectivity index (χ1) is 8.04. The van der Waals surface area contributed by atoms with Crippen molar-refractivity contribution in [1.82, 2.24) is 5.48 Å². The molecule has 0 atom stereocenters. The number of hydrogen-bond donors (Lipinski definition) is 1. The minimum Gasteiger partial charge on any atom is -0.429 e. The lowest BCUT2D eigenvalue weighted by Gasteiger charge is -2.12. The average molecular weight is 300 g/mol. The van der Waals surface area contributed by atoms with E-state index in [4.69, 9.17) is 9.57 Å². The fourth-order valence-electron chi connectivity index (χ4n) is 1.32. The van der Waals surface area contributed by atoms with Crippen molar-refractivity contribution >= 4 is 27.6 Å². The van der Waals surface area contributed by atoms with Gasteiger partial charge in [-0.25, -0.2) is 0 Å². The van der Waals surface area contributed by atoms with E-state index in [0.717, 1.165) is 10.0 Å². The zero-order valence-electron chi connectivity index (χ0n) is 9.91. The molecule has 0 amide bonds. The molecule has 0 fully saturated rings. The van der Waals surface area contributed by atoms with Crippen LogP contribution in [0, 0.1) is 0 Å². The van der Waals surface area contributed by atoms with E-state index in [1.54, 1.807) is 6.92 Å². The van der Waals surface area contributed by atoms with Gasteiger partial charge < -0.3 is 4.74 Å². The van der Waals surface area contributed by atoms with Crippen LogP contribution in [0.3, 0.4) is 0 Å². The largest absolute Gasteiger partial charge is 0.429 e. The number of nitrogens with one attached hydrogen (secondary N) is 1. The molecule has 1 N–H and O–H groups in total. The summed E-state index contributed by atoms with van der Waals surface area (Å²) in [4.78, 5) is 15.8. The Morgan fingerprint density at radius 1 is 1.24 bits per heavy atom. The number of hydrogen-bond acceptors (Lipinski definition) is 4. The van der Waals surface area contributed by atoms with Crippen LogP contribution in [0.5, 0.6) is 0 Å². The first-order valence-electron chi connectivity index (χ1n) is 4.99. The molecule has 0 radical (unpaired) electrons. The summed E-state index contributed by atoms with van der Waals surface area (Å²) in [6.45, 7) is 3.06. The molecule has 0 aliphatic heterocycles. The molecule has 0 spiro atoms. The zero-order chi connectivity index (χ0) is 12.8. The normalized spacial score (nSPS) is 11.8. The highest BCUT2D eigenvalue weighted by atomic mass is 79.9. The van der Waals surface area contributed by atoms with E-state index < -0.39 is 0 Å². The maximum Gasteiger partial charge on any atom is 0.307 e. The summed E-state index contributed by atoms with van der Waals surface area (Å²) in [6, 6.07) is 7.57. The van der Waals surface area contributed by atoms with Crippen molar-refractivity contribution in [3.63, 3.8) is 0 Å². The van der Waals surface area contributed by atoms with Crippen molar-refractivity contribution in [2.75, 3.05) is 7.11 Å². The van der Waals surface area contributed by atoms with Crippen molar-refractivity contribution in [1.29, 1.82) is 0 Å². The number of carbonyl (C=O) groups excluding carboxylic acids is 1. The van der Waals surface area contributed by atoms with Gasteiger partial charge in [0.15, 0.2) is 0 Å². The molecule has 0 heterocycles. The minimum atomic E-state index is -0.366. The number of halogens is 1. The summed E-state index contributed by atoms with van der Waals surface area (Å²) >= 11 is 3.36. The molecule has 4 nitrogen and oxygen atoms in total. The van der Waals surface area contributed by atoms with Crippen LogP contribution in [0.2, 0.25) is 0 Å². The van der Waals surface area contributed by atoms with E-state index >= 15 is 0 Å². The van der Waals surface area contributed by atoms with Gasteiger partial charge in [0, 0.05) is 17.0 Å². The van der Waals surface area contributed by atoms with Crippen molar-refractivity contribution in [3.8, 4) is 0 Å². The van der Waals surface area contributed by atoms with E-state index in [0.29, 0.717) is 11.5 Å². The fourth-order valence-corrected chi connectivity index (χ4v) is 1.58. The zero-order valence-corrected chi connectivity index (χ0v) is 11.5. The fraction of sp³-hybridized carbons (Fsp3) is 0.250. The topological polar surface area (TPSA) is 47.6 Å². The smallest absolute Gasteiger partial charge is 0.307 e. The monoisotopic (exact) mass is 299 g/mol. The summed E-state index contributed by atoms with van der Waals surface area (Å²) in [7, 11) is 1.50. The molecular weight excluding hydrogens is 286 g/mol. The van der Waals surface area contributed by atoms with Crippen LogP contribution >= 0.6 is 15.9 Å². The molecule has 0 bridgehead atoms. The van der Waals surface area contributed by atoms with Crippen LogP contribution in [-0.4, -0.2) is 13.1 Å². The van der Waals surface area contributed by atoms with Gasteiger partial charge in [0.05, 0.1) is 7.11 Å². The summed E-state index contributed by atoms with van der Waals surface area (Å²) in [6.07, 6.45) is 0. The Morgan fingerprint density at radius 3 is 2.29 bits per heavy atom. The van der Waals surface area contributed by atoms with Crippen LogP contribution in [0.4, 0.5) is 0 Å². The molecule has 92 valence electrons. The molecule has 0 saturated heterocycles. The standard InChI is InChI=1S/C12H14BrNO3/c1-8(17-9(2)15)12(14-16-3)10-4-6-11(13)7-5-10/h4-7,14H,1-3H3. The third kappa shape index (κ3) is 4.20. The third-order valence-corrected chi connectivity index (χ3v) is 2.51. The number of allylic oxidation sites excluding steroid dienone is 1. The first kappa shape index (κ1) is 13.7. The van der Waals surface area contributed by atoms with E-state index in [1.165, 1.54) is 14.0 Å². The SMILES string of the molecule is CONC(=C(C)OC(C)=O)c1ccc(Br)cc1. The third-order valence-electron chi connectivity index (χ3n) is 1.99. The Hall–Kier alpha value is -1.33. The molecule has 0 aliphatic carbocycles. The van der Waals surface area contributed by atoms with Gasteiger partial charge in [-0.2, -0.15) is 0 Å². The Bertz CT molecular complexity index is 426. The summed E-state index contributed by atoms with van der Waals surface area (Å²) < 4.78 is 6.01. The highest BCUT2D eigenvalue weighted by Gasteiger charge is 2.08.